The van der Waals surface area contributed by atoms with Gasteiger partial charge in [-0.1, -0.05) is 0 Å². The number of hydrogen-bond donors (Lipinski definition) is 0. The molecule has 0 aromatic heterocycles. The van der Waals surface area contributed by atoms with Crippen LogP contribution in [-0.2, 0) is 9.53 Å². The van der Waals surface area contributed by atoms with Crippen molar-refractivity contribution in [3.8, 4) is 0 Å². The second kappa shape index (κ2) is 9.16. The van der Waals surface area contributed by atoms with Crippen LogP contribution in [-0.4, -0.2) is 20.0 Å². The topological polar surface area (TPSA) is 26.3 Å². The molecule has 0 N–H and O–H groups in total. The van der Waals surface area contributed by atoms with E-state index in [-0.39, 0.29) is 37.6 Å². The van der Waals surface area contributed by atoms with Crippen LogP contribution in [0, 0.1) is 0 Å². The number of hydrogen-bond acceptors (Lipinski definition) is 2. The summed E-state index contributed by atoms with van der Waals surface area (Å²) in [6, 6.07) is 0. The van der Waals surface area contributed by atoms with Gasteiger partial charge in [-0.2, -0.15) is 0 Å². The van der Waals surface area contributed by atoms with E-state index in [1.54, 1.807) is 0 Å². The first-order chi connectivity index (χ1) is 2.41. The van der Waals surface area contributed by atoms with E-state index in [4.69, 9.17) is 0 Å². The molecule has 0 heterocycles. The number of carbonyl (C=O) groups is 1. The molecule has 0 radical (unpaired) electrons. The van der Waals surface area contributed by atoms with Gasteiger partial charge >= 0.3 is 29.6 Å². The first kappa shape index (κ1) is 9.80. The molecule has 2 nitrogen and oxygen atoms in total. The van der Waals surface area contributed by atoms with Crippen LogP contribution in [0.3, 0.4) is 0 Å². The van der Waals surface area contributed by atoms with Crippen LogP contribution in [0.5, 0.6) is 0 Å². The van der Waals surface area contributed by atoms with Gasteiger partial charge in [0.2, 0.25) is 0 Å². The van der Waals surface area contributed by atoms with Crippen LogP contribution in [0.15, 0.2) is 0 Å². The summed E-state index contributed by atoms with van der Waals surface area (Å²) < 4.78 is 4.32. The van der Waals surface area contributed by atoms with Crippen molar-refractivity contribution in [2.75, 3.05) is 13.7 Å². The molecule has 0 saturated heterocycles. The fourth-order valence-corrected chi connectivity index (χ4v) is 0.0680. The van der Waals surface area contributed by atoms with Gasteiger partial charge in [0.15, 0.2) is 0 Å². The molecule has 0 aliphatic rings. The summed E-state index contributed by atoms with van der Waals surface area (Å²) in [5.41, 5.74) is 0. The molecular formula is C3H7NaO2. The van der Waals surface area contributed by atoms with E-state index in [2.05, 4.69) is 4.74 Å². The Hall–Kier alpha value is 0.630. The molecule has 0 spiro atoms. The SMILES string of the molecule is COCC=O.[H-].[Na+]. The monoisotopic (exact) mass is 98.0 g/mol. The Kier molecular flexibility index (Phi) is 15.0. The number of ether oxygens (including phenoxy) is 1. The average molecular weight is 98.1 g/mol. The normalized spacial score (nSPS) is 6.17. The predicted molar refractivity (Wildman–Crippen MR) is 19.1 cm³/mol. The summed E-state index contributed by atoms with van der Waals surface area (Å²) in [6.45, 7) is 0.208. The molecule has 0 saturated carbocycles. The van der Waals surface area contributed by atoms with E-state index >= 15 is 0 Å². The molecular weight excluding hydrogens is 91.0 g/mol. The number of methoxy groups -OCH3 is 1. The number of carbonyl (C=O) groups excluding carboxylic acids is 1. The zero-order valence-electron chi connectivity index (χ0n) is 5.10. The second-order valence-electron chi connectivity index (χ2n) is 0.622. The predicted octanol–water partition coefficient (Wildman–Crippen LogP) is -3.05. The Balaban J connectivity index is -0.0000000800. The maximum absolute atomic E-state index is 9.28. The largest absolute Gasteiger partial charge is 1.00 e. The van der Waals surface area contributed by atoms with E-state index in [1.807, 2.05) is 0 Å². The molecule has 3 heteroatoms. The van der Waals surface area contributed by atoms with Gasteiger partial charge in [0.25, 0.3) is 0 Å². The Morgan fingerprint density at radius 2 is 2.50 bits per heavy atom. The molecule has 0 aromatic carbocycles. The minimum absolute atomic E-state index is 0. The van der Waals surface area contributed by atoms with E-state index in [9.17, 15) is 4.79 Å². The van der Waals surface area contributed by atoms with Crippen molar-refractivity contribution in [1.82, 2.24) is 0 Å². The van der Waals surface area contributed by atoms with Crippen molar-refractivity contribution in [2.24, 2.45) is 0 Å². The van der Waals surface area contributed by atoms with Crippen LogP contribution in [0.4, 0.5) is 0 Å². The molecule has 0 bridgehead atoms. The molecule has 0 aromatic rings. The van der Waals surface area contributed by atoms with Crippen molar-refractivity contribution < 1.29 is 40.5 Å². The summed E-state index contributed by atoms with van der Waals surface area (Å²) in [7, 11) is 1.48. The fraction of sp³-hybridized carbons (Fsp3) is 0.667. The number of aldehydes is 1. The van der Waals surface area contributed by atoms with Crippen molar-refractivity contribution in [3.63, 3.8) is 0 Å². The van der Waals surface area contributed by atoms with Gasteiger partial charge in [0.1, 0.15) is 12.9 Å². The van der Waals surface area contributed by atoms with Crippen LogP contribution >= 0.6 is 0 Å². The summed E-state index contributed by atoms with van der Waals surface area (Å²) in [5, 5.41) is 0. The summed E-state index contributed by atoms with van der Waals surface area (Å²) in [5.74, 6) is 0. The maximum Gasteiger partial charge on any atom is 1.00 e. The van der Waals surface area contributed by atoms with Crippen LogP contribution in [0.25, 0.3) is 0 Å². The third-order valence-corrected chi connectivity index (χ3v) is 0.235. The Morgan fingerprint density at radius 1 is 2.00 bits per heavy atom. The van der Waals surface area contributed by atoms with Gasteiger partial charge in [0.05, 0.1) is 0 Å². The molecule has 0 unspecified atom stereocenters. The summed E-state index contributed by atoms with van der Waals surface area (Å²) in [4.78, 5) is 9.28. The van der Waals surface area contributed by atoms with Crippen molar-refractivity contribution in [2.45, 2.75) is 0 Å². The standard InChI is InChI=1S/C3H6O2.Na.H/c1-5-3-2-4;;/h2H,3H2,1H3;;/q;+1;-1. The van der Waals surface area contributed by atoms with Crippen LogP contribution < -0.4 is 29.6 Å². The third-order valence-electron chi connectivity index (χ3n) is 0.235. The molecule has 32 valence electrons. The minimum Gasteiger partial charge on any atom is -1.00 e. The van der Waals surface area contributed by atoms with Crippen molar-refractivity contribution >= 4 is 6.29 Å². The van der Waals surface area contributed by atoms with Gasteiger partial charge in [-0.15, -0.1) is 0 Å². The minimum atomic E-state index is 0. The zero-order chi connectivity index (χ0) is 4.12. The van der Waals surface area contributed by atoms with Crippen molar-refractivity contribution in [3.05, 3.63) is 0 Å². The van der Waals surface area contributed by atoms with Crippen LogP contribution in [0.1, 0.15) is 1.43 Å². The fourth-order valence-electron chi connectivity index (χ4n) is 0.0680. The molecule has 0 rings (SSSR count). The smallest absolute Gasteiger partial charge is 1.00 e. The van der Waals surface area contributed by atoms with E-state index in [0.717, 1.165) is 0 Å². The first-order valence-electron chi connectivity index (χ1n) is 1.34. The van der Waals surface area contributed by atoms with Gasteiger partial charge in [0, 0.05) is 7.11 Å². The third kappa shape index (κ3) is 8.82. The molecule has 0 amide bonds. The van der Waals surface area contributed by atoms with Crippen LogP contribution in [0.2, 0.25) is 0 Å². The molecule has 0 fully saturated rings. The summed E-state index contributed by atoms with van der Waals surface area (Å²) in [6.07, 6.45) is 0.708. The quantitative estimate of drug-likeness (QED) is 0.271. The Bertz CT molecular complexity index is 34.1. The van der Waals surface area contributed by atoms with Gasteiger partial charge in [-0.25, -0.2) is 0 Å². The van der Waals surface area contributed by atoms with Gasteiger partial charge in [-0.3, -0.25) is 0 Å². The van der Waals surface area contributed by atoms with Crippen molar-refractivity contribution in [1.29, 1.82) is 0 Å². The van der Waals surface area contributed by atoms with E-state index in [0.29, 0.717) is 6.29 Å². The van der Waals surface area contributed by atoms with E-state index < -0.39 is 0 Å². The molecule has 6 heavy (non-hydrogen) atoms. The van der Waals surface area contributed by atoms with E-state index in [1.165, 1.54) is 7.11 Å². The molecule has 0 aliphatic heterocycles. The molecule has 0 atom stereocenters. The van der Waals surface area contributed by atoms with Gasteiger partial charge in [-0.05, 0) is 0 Å². The second-order valence-corrected chi connectivity index (χ2v) is 0.622. The first-order valence-corrected chi connectivity index (χ1v) is 1.34. The maximum atomic E-state index is 9.28. The van der Waals surface area contributed by atoms with Gasteiger partial charge < -0.3 is 11.0 Å². The number of rotatable bonds is 2. The Morgan fingerprint density at radius 3 is 2.50 bits per heavy atom. The zero-order valence-corrected chi connectivity index (χ0v) is 6.10. The summed E-state index contributed by atoms with van der Waals surface area (Å²) >= 11 is 0. The Labute approximate surface area is 60.6 Å². The molecule has 0 aliphatic carbocycles. The average Bonchev–Trinajstić information content (AvgIpc) is 1.41.